The van der Waals surface area contributed by atoms with E-state index < -0.39 is 0 Å². The molecule has 4 rings (SSSR count). The Balaban J connectivity index is 1.32. The molecule has 0 N–H and O–H groups in total. The number of carbonyl (C=O) groups is 1. The van der Waals surface area contributed by atoms with Crippen molar-refractivity contribution < 1.29 is 13.7 Å². The van der Waals surface area contributed by atoms with E-state index in [0.717, 1.165) is 69.7 Å². The van der Waals surface area contributed by atoms with Gasteiger partial charge in [0, 0.05) is 31.6 Å². The lowest BCUT2D eigenvalue weighted by Gasteiger charge is -2.31. The van der Waals surface area contributed by atoms with E-state index in [2.05, 4.69) is 10.1 Å². The van der Waals surface area contributed by atoms with E-state index in [4.69, 9.17) is 4.52 Å². The number of rotatable bonds is 4. The summed E-state index contributed by atoms with van der Waals surface area (Å²) < 4.78 is 18.7. The van der Waals surface area contributed by atoms with Gasteiger partial charge in [-0.25, -0.2) is 4.39 Å². The van der Waals surface area contributed by atoms with E-state index in [-0.39, 0.29) is 11.7 Å². The molecule has 27 heavy (non-hydrogen) atoms. The van der Waals surface area contributed by atoms with Gasteiger partial charge in [-0.05, 0) is 62.9 Å². The first kappa shape index (κ1) is 18.2. The molecule has 0 aliphatic carbocycles. The van der Waals surface area contributed by atoms with Crippen molar-refractivity contribution in [2.45, 2.75) is 44.6 Å². The van der Waals surface area contributed by atoms with E-state index in [1.54, 1.807) is 12.1 Å². The Hall–Kier alpha value is -2.21. The van der Waals surface area contributed by atoms with Crippen molar-refractivity contribution in [1.82, 2.24) is 15.0 Å². The van der Waals surface area contributed by atoms with Crippen LogP contribution in [0.1, 0.15) is 59.8 Å². The fourth-order valence-electron chi connectivity index (χ4n) is 4.12. The zero-order valence-corrected chi connectivity index (χ0v) is 15.6. The van der Waals surface area contributed by atoms with Gasteiger partial charge >= 0.3 is 0 Å². The van der Waals surface area contributed by atoms with Crippen molar-refractivity contribution in [2.24, 2.45) is 0 Å². The van der Waals surface area contributed by atoms with Gasteiger partial charge in [-0.3, -0.25) is 9.69 Å². The molecule has 3 heterocycles. The molecule has 2 aromatic rings. The number of aromatic nitrogens is 1. The first-order valence-corrected chi connectivity index (χ1v) is 9.92. The molecule has 6 heteroatoms. The van der Waals surface area contributed by atoms with Gasteiger partial charge < -0.3 is 9.42 Å². The quantitative estimate of drug-likeness (QED) is 0.820. The standard InChI is InChI=1S/C21H26FN3O2/c22-18-6-4-5-16(13-18)15-24-11-7-17(8-12-24)19-14-20(27-23-19)21(26)25-9-2-1-3-10-25/h4-6,13-14,17H,1-3,7-12,15H2. The second kappa shape index (κ2) is 8.21. The zero-order valence-electron chi connectivity index (χ0n) is 15.6. The third-order valence-corrected chi connectivity index (χ3v) is 5.68. The van der Waals surface area contributed by atoms with Gasteiger partial charge in [-0.2, -0.15) is 0 Å². The number of piperidine rings is 2. The van der Waals surface area contributed by atoms with Crippen molar-refractivity contribution in [3.63, 3.8) is 0 Å². The van der Waals surface area contributed by atoms with E-state index >= 15 is 0 Å². The molecule has 0 radical (unpaired) electrons. The van der Waals surface area contributed by atoms with Gasteiger partial charge in [0.1, 0.15) is 5.82 Å². The Kier molecular flexibility index (Phi) is 5.53. The second-order valence-corrected chi connectivity index (χ2v) is 7.65. The highest BCUT2D eigenvalue weighted by atomic mass is 19.1. The lowest BCUT2D eigenvalue weighted by molar-refractivity contribution is 0.0682. The van der Waals surface area contributed by atoms with Gasteiger partial charge in [0.25, 0.3) is 5.91 Å². The summed E-state index contributed by atoms with van der Waals surface area (Å²) in [6, 6.07) is 8.63. The number of carbonyl (C=O) groups excluding carboxylic acids is 1. The summed E-state index contributed by atoms with van der Waals surface area (Å²) in [7, 11) is 0. The molecule has 2 fully saturated rings. The first-order valence-electron chi connectivity index (χ1n) is 9.92. The summed E-state index contributed by atoms with van der Waals surface area (Å²) in [5.74, 6) is 0.474. The van der Waals surface area contributed by atoms with Crippen LogP contribution in [0.2, 0.25) is 0 Å². The molecule has 0 atom stereocenters. The number of nitrogens with zero attached hydrogens (tertiary/aromatic N) is 3. The average Bonchev–Trinajstić information content (AvgIpc) is 3.19. The van der Waals surface area contributed by atoms with Gasteiger partial charge in [-0.1, -0.05) is 17.3 Å². The fourth-order valence-corrected chi connectivity index (χ4v) is 4.12. The minimum atomic E-state index is -0.184. The van der Waals surface area contributed by atoms with Crippen molar-refractivity contribution in [3.05, 3.63) is 53.2 Å². The number of hydrogen-bond donors (Lipinski definition) is 0. The van der Waals surface area contributed by atoms with Crippen LogP contribution >= 0.6 is 0 Å². The van der Waals surface area contributed by atoms with Crippen LogP contribution in [-0.4, -0.2) is 47.0 Å². The summed E-state index contributed by atoms with van der Waals surface area (Å²) in [5.41, 5.74) is 1.89. The van der Waals surface area contributed by atoms with Crippen LogP contribution in [0.25, 0.3) is 0 Å². The number of likely N-dealkylation sites (tertiary alicyclic amines) is 2. The largest absolute Gasteiger partial charge is 0.351 e. The Bertz CT molecular complexity index is 777. The molecule has 0 saturated carbocycles. The van der Waals surface area contributed by atoms with Crippen molar-refractivity contribution in [3.8, 4) is 0 Å². The van der Waals surface area contributed by atoms with Crippen LogP contribution in [0.15, 0.2) is 34.9 Å². The number of benzene rings is 1. The van der Waals surface area contributed by atoms with E-state index in [9.17, 15) is 9.18 Å². The Labute approximate surface area is 159 Å². The summed E-state index contributed by atoms with van der Waals surface area (Å²) in [6.45, 7) is 4.26. The normalized spacial score (nSPS) is 19.4. The van der Waals surface area contributed by atoms with Crippen LogP contribution in [-0.2, 0) is 6.54 Å². The maximum absolute atomic E-state index is 13.3. The minimum Gasteiger partial charge on any atom is -0.351 e. The van der Waals surface area contributed by atoms with Crippen LogP contribution in [0.3, 0.4) is 0 Å². The lowest BCUT2D eigenvalue weighted by atomic mass is 9.93. The molecule has 1 amide bonds. The molecule has 0 unspecified atom stereocenters. The third-order valence-electron chi connectivity index (χ3n) is 5.68. The van der Waals surface area contributed by atoms with Gasteiger partial charge in [0.05, 0.1) is 5.69 Å². The highest BCUT2D eigenvalue weighted by molar-refractivity contribution is 5.91. The molecule has 0 spiro atoms. The topological polar surface area (TPSA) is 49.6 Å². The lowest BCUT2D eigenvalue weighted by Crippen LogP contribution is -2.35. The third kappa shape index (κ3) is 4.38. The van der Waals surface area contributed by atoms with Crippen molar-refractivity contribution >= 4 is 5.91 Å². The molecule has 2 aliphatic rings. The van der Waals surface area contributed by atoms with Crippen LogP contribution in [0.4, 0.5) is 4.39 Å². The molecular formula is C21H26FN3O2. The van der Waals surface area contributed by atoms with Crippen molar-refractivity contribution in [1.29, 1.82) is 0 Å². The number of amides is 1. The minimum absolute atomic E-state index is 0.0306. The van der Waals surface area contributed by atoms with Gasteiger partial charge in [-0.15, -0.1) is 0 Å². The Morgan fingerprint density at radius 1 is 1.11 bits per heavy atom. The second-order valence-electron chi connectivity index (χ2n) is 7.65. The average molecular weight is 371 g/mol. The van der Waals surface area contributed by atoms with Crippen molar-refractivity contribution in [2.75, 3.05) is 26.2 Å². The van der Waals surface area contributed by atoms with Crippen LogP contribution in [0, 0.1) is 5.82 Å². The highest BCUT2D eigenvalue weighted by Gasteiger charge is 2.27. The molecular weight excluding hydrogens is 345 g/mol. The maximum Gasteiger partial charge on any atom is 0.292 e. The van der Waals surface area contributed by atoms with Gasteiger partial charge in [0.2, 0.25) is 5.76 Å². The molecule has 144 valence electrons. The fraction of sp³-hybridized carbons (Fsp3) is 0.524. The predicted molar refractivity (Wildman–Crippen MR) is 99.9 cm³/mol. The summed E-state index contributed by atoms with van der Waals surface area (Å²) in [6.07, 6.45) is 5.27. The van der Waals surface area contributed by atoms with Gasteiger partial charge in [0.15, 0.2) is 0 Å². The van der Waals surface area contributed by atoms with E-state index in [0.29, 0.717) is 11.7 Å². The monoisotopic (exact) mass is 371 g/mol. The molecule has 2 aliphatic heterocycles. The Morgan fingerprint density at radius 2 is 1.89 bits per heavy atom. The molecule has 1 aromatic heterocycles. The number of halogens is 1. The van der Waals surface area contributed by atoms with E-state index in [1.165, 1.54) is 12.5 Å². The Morgan fingerprint density at radius 3 is 2.63 bits per heavy atom. The summed E-state index contributed by atoms with van der Waals surface area (Å²) >= 11 is 0. The van der Waals surface area contributed by atoms with E-state index in [1.807, 2.05) is 17.0 Å². The highest BCUT2D eigenvalue weighted by Crippen LogP contribution is 2.29. The smallest absolute Gasteiger partial charge is 0.292 e. The zero-order chi connectivity index (χ0) is 18.6. The van der Waals surface area contributed by atoms with Crippen LogP contribution in [0.5, 0.6) is 0 Å². The first-order chi connectivity index (χ1) is 13.2. The summed E-state index contributed by atoms with van der Waals surface area (Å²) in [5, 5.41) is 4.19. The number of hydrogen-bond acceptors (Lipinski definition) is 4. The maximum atomic E-state index is 13.3. The SMILES string of the molecule is O=C(c1cc(C2CCN(Cc3cccc(F)c3)CC2)no1)N1CCCCC1. The van der Waals surface area contributed by atoms with Crippen LogP contribution < -0.4 is 0 Å². The molecule has 1 aromatic carbocycles. The predicted octanol–water partition coefficient (Wildman–Crippen LogP) is 3.82. The molecule has 0 bridgehead atoms. The molecule has 5 nitrogen and oxygen atoms in total. The molecule has 2 saturated heterocycles. The summed E-state index contributed by atoms with van der Waals surface area (Å²) in [4.78, 5) is 16.7.